The van der Waals surface area contributed by atoms with Crippen molar-refractivity contribution in [1.82, 2.24) is 19.9 Å². The Morgan fingerprint density at radius 1 is 1.23 bits per heavy atom. The van der Waals surface area contributed by atoms with Gasteiger partial charge in [-0.1, -0.05) is 12.1 Å². The molecule has 9 heteroatoms. The summed E-state index contributed by atoms with van der Waals surface area (Å²) in [5.74, 6) is 0.686. The molecule has 2 aromatic heterocycles. The second-order valence-corrected chi connectivity index (χ2v) is 7.90. The molecule has 0 aliphatic carbocycles. The molecule has 1 aliphatic rings. The Morgan fingerprint density at radius 2 is 2.07 bits per heavy atom. The first-order chi connectivity index (χ1) is 14.3. The molecule has 2 amide bonds. The lowest BCUT2D eigenvalue weighted by Crippen LogP contribution is -2.43. The van der Waals surface area contributed by atoms with E-state index in [0.717, 1.165) is 11.3 Å². The summed E-state index contributed by atoms with van der Waals surface area (Å²) >= 11 is 0. The second kappa shape index (κ2) is 7.66. The first-order valence-electron chi connectivity index (χ1n) is 9.65. The molecule has 1 aliphatic heterocycles. The van der Waals surface area contributed by atoms with Crippen LogP contribution in [0, 0.1) is 0 Å². The van der Waals surface area contributed by atoms with Gasteiger partial charge in [0.2, 0.25) is 0 Å². The van der Waals surface area contributed by atoms with Gasteiger partial charge in [0, 0.05) is 18.7 Å². The Morgan fingerprint density at radius 3 is 2.87 bits per heavy atom. The van der Waals surface area contributed by atoms with E-state index in [9.17, 15) is 9.59 Å². The third-order valence-electron chi connectivity index (χ3n) is 4.40. The van der Waals surface area contributed by atoms with Crippen molar-refractivity contribution < 1.29 is 19.1 Å². The van der Waals surface area contributed by atoms with Crippen LogP contribution in [0.15, 0.2) is 42.6 Å². The summed E-state index contributed by atoms with van der Waals surface area (Å²) in [7, 11) is 0. The topological polar surface area (TPSA) is 98.1 Å². The van der Waals surface area contributed by atoms with Crippen molar-refractivity contribution >= 4 is 23.5 Å². The summed E-state index contributed by atoms with van der Waals surface area (Å²) in [5, 5.41) is 7.39. The van der Waals surface area contributed by atoms with E-state index >= 15 is 0 Å². The zero-order valence-electron chi connectivity index (χ0n) is 17.1. The van der Waals surface area contributed by atoms with Crippen LogP contribution in [0.25, 0.3) is 16.9 Å². The van der Waals surface area contributed by atoms with Gasteiger partial charge < -0.3 is 14.8 Å². The lowest BCUT2D eigenvalue weighted by molar-refractivity contribution is -0.123. The largest absolute Gasteiger partial charge is 0.484 e. The molecule has 0 unspecified atom stereocenters. The van der Waals surface area contributed by atoms with E-state index < -0.39 is 11.7 Å². The van der Waals surface area contributed by atoms with Crippen molar-refractivity contribution in [1.29, 1.82) is 0 Å². The monoisotopic (exact) mass is 409 g/mol. The van der Waals surface area contributed by atoms with Crippen molar-refractivity contribution in [3.8, 4) is 17.0 Å². The number of imidazole rings is 1. The zero-order valence-corrected chi connectivity index (χ0v) is 17.1. The van der Waals surface area contributed by atoms with E-state index in [1.807, 2.05) is 18.2 Å². The number of anilines is 1. The highest BCUT2D eigenvalue weighted by molar-refractivity contribution is 5.87. The Balaban J connectivity index is 1.81. The van der Waals surface area contributed by atoms with Crippen LogP contribution in [0.1, 0.15) is 20.8 Å². The molecule has 0 spiro atoms. The fraction of sp³-hybridized carbons (Fsp3) is 0.333. The van der Waals surface area contributed by atoms with Crippen LogP contribution in [0.3, 0.4) is 0 Å². The number of aromatic nitrogens is 3. The van der Waals surface area contributed by atoms with Crippen molar-refractivity contribution in [3.63, 3.8) is 0 Å². The normalized spacial score (nSPS) is 14.8. The number of hydrogen-bond acceptors (Lipinski definition) is 6. The fourth-order valence-electron chi connectivity index (χ4n) is 3.07. The molecule has 0 atom stereocenters. The van der Waals surface area contributed by atoms with Crippen LogP contribution < -0.4 is 15.0 Å². The third kappa shape index (κ3) is 4.19. The van der Waals surface area contributed by atoms with Crippen molar-refractivity contribution in [2.75, 3.05) is 24.6 Å². The van der Waals surface area contributed by atoms with E-state index in [0.29, 0.717) is 17.2 Å². The van der Waals surface area contributed by atoms with E-state index in [1.165, 1.54) is 4.90 Å². The van der Waals surface area contributed by atoms with E-state index in [2.05, 4.69) is 15.4 Å². The van der Waals surface area contributed by atoms with Gasteiger partial charge in [0.1, 0.15) is 11.4 Å². The molecule has 0 radical (unpaired) electrons. The number of ether oxygens (including phenoxy) is 2. The van der Waals surface area contributed by atoms with Crippen LogP contribution in [0.4, 0.5) is 10.6 Å². The molecule has 1 aromatic carbocycles. The highest BCUT2D eigenvalue weighted by Crippen LogP contribution is 2.26. The second-order valence-electron chi connectivity index (χ2n) is 7.90. The molecular formula is C21H23N5O4. The lowest BCUT2D eigenvalue weighted by atomic mass is 10.1. The minimum Gasteiger partial charge on any atom is -0.484 e. The maximum atomic E-state index is 12.8. The predicted molar refractivity (Wildman–Crippen MR) is 111 cm³/mol. The quantitative estimate of drug-likeness (QED) is 0.613. The van der Waals surface area contributed by atoms with Gasteiger partial charge in [-0.05, 0) is 45.0 Å². The Kier molecular flexibility index (Phi) is 5.03. The van der Waals surface area contributed by atoms with E-state index in [1.54, 1.807) is 49.7 Å². The summed E-state index contributed by atoms with van der Waals surface area (Å²) in [6, 6.07) is 10.8. The molecular weight excluding hydrogens is 386 g/mol. The van der Waals surface area contributed by atoms with Crippen LogP contribution in [0.5, 0.6) is 5.75 Å². The average Bonchev–Trinajstić information content (AvgIpc) is 3.11. The first-order valence-corrected chi connectivity index (χ1v) is 9.65. The Hall–Kier alpha value is -3.62. The number of carbonyl (C=O) groups excluding carboxylic acids is 2. The number of benzene rings is 1. The van der Waals surface area contributed by atoms with Crippen LogP contribution in [0.2, 0.25) is 0 Å². The molecule has 0 fully saturated rings. The maximum absolute atomic E-state index is 12.8. The van der Waals surface area contributed by atoms with Gasteiger partial charge in [-0.15, -0.1) is 5.10 Å². The van der Waals surface area contributed by atoms with Gasteiger partial charge in [-0.3, -0.25) is 9.69 Å². The minimum atomic E-state index is -0.669. The smallest absolute Gasteiger partial charge is 0.416 e. The molecule has 3 heterocycles. The lowest BCUT2D eigenvalue weighted by Gasteiger charge is -2.27. The molecule has 4 bridgehead atoms. The minimum absolute atomic E-state index is 0.124. The van der Waals surface area contributed by atoms with E-state index in [-0.39, 0.29) is 25.6 Å². The molecule has 1 N–H and O–H groups in total. The van der Waals surface area contributed by atoms with Gasteiger partial charge >= 0.3 is 6.09 Å². The Bertz CT molecular complexity index is 1100. The maximum Gasteiger partial charge on any atom is 0.416 e. The summed E-state index contributed by atoms with van der Waals surface area (Å²) in [4.78, 5) is 30.8. The number of amides is 2. The molecule has 30 heavy (non-hydrogen) atoms. The summed E-state index contributed by atoms with van der Waals surface area (Å²) in [6.45, 7) is 5.68. The van der Waals surface area contributed by atoms with E-state index in [4.69, 9.17) is 9.47 Å². The number of fused-ring (bicyclic) bond motifs is 4. The molecule has 0 saturated heterocycles. The summed E-state index contributed by atoms with van der Waals surface area (Å²) in [6.07, 6.45) is 1.16. The third-order valence-corrected chi connectivity index (χ3v) is 4.40. The zero-order chi connectivity index (χ0) is 21.3. The van der Waals surface area contributed by atoms with Gasteiger partial charge in [0.25, 0.3) is 5.91 Å². The number of rotatable bonds is 0. The molecule has 156 valence electrons. The van der Waals surface area contributed by atoms with Gasteiger partial charge in [-0.2, -0.15) is 0 Å². The number of nitrogens with zero attached hydrogens (tertiary/aromatic N) is 4. The highest BCUT2D eigenvalue weighted by Gasteiger charge is 2.25. The van der Waals surface area contributed by atoms with Crippen LogP contribution >= 0.6 is 0 Å². The standard InChI is InChI=1S/C21H23N5O4/c1-21(2,3)30-20(28)25-10-9-22-19(27)13-29-15-6-4-5-14(11-15)16-12-23-17-7-8-18(25)24-26(16)17/h4-8,11-12H,9-10,13H2,1-3H3,(H,22,27). The number of hydrogen-bond donors (Lipinski definition) is 1. The molecule has 0 saturated carbocycles. The SMILES string of the molecule is CC(C)(C)OC(=O)N1CCNC(=O)COc2cccc(c2)-c2cnc3ccc1nn23. The van der Waals surface area contributed by atoms with Gasteiger partial charge in [-0.25, -0.2) is 14.3 Å². The first kappa shape index (κ1) is 19.7. The van der Waals surface area contributed by atoms with Gasteiger partial charge in [0.15, 0.2) is 18.1 Å². The number of nitrogens with one attached hydrogen (secondary N) is 1. The molecule has 3 aromatic rings. The van der Waals surface area contributed by atoms with Crippen molar-refractivity contribution in [3.05, 3.63) is 42.6 Å². The van der Waals surface area contributed by atoms with Crippen molar-refractivity contribution in [2.45, 2.75) is 26.4 Å². The van der Waals surface area contributed by atoms with Crippen LogP contribution in [-0.2, 0) is 9.53 Å². The summed E-state index contributed by atoms with van der Waals surface area (Å²) in [5.41, 5.74) is 1.54. The average molecular weight is 409 g/mol. The Labute approximate surface area is 173 Å². The summed E-state index contributed by atoms with van der Waals surface area (Å²) < 4.78 is 12.8. The molecule has 9 nitrogen and oxygen atoms in total. The predicted octanol–water partition coefficient (Wildman–Crippen LogP) is 2.65. The fourth-order valence-corrected chi connectivity index (χ4v) is 3.07. The van der Waals surface area contributed by atoms with Crippen molar-refractivity contribution in [2.24, 2.45) is 0 Å². The molecule has 4 rings (SSSR count). The van der Waals surface area contributed by atoms with Gasteiger partial charge in [0.05, 0.1) is 11.9 Å². The van der Waals surface area contributed by atoms with Crippen LogP contribution in [-0.4, -0.2) is 51.9 Å². The number of carbonyl (C=O) groups is 2. The highest BCUT2D eigenvalue weighted by atomic mass is 16.6.